The highest BCUT2D eigenvalue weighted by molar-refractivity contribution is 7.18. The maximum absolute atomic E-state index is 13.8. The molecule has 0 aliphatic carbocycles. The summed E-state index contributed by atoms with van der Waals surface area (Å²) in [5.41, 5.74) is 4.26. The van der Waals surface area contributed by atoms with Gasteiger partial charge >= 0.3 is 0 Å². The molecule has 1 saturated heterocycles. The summed E-state index contributed by atoms with van der Waals surface area (Å²) in [6, 6.07) is 10.9. The highest BCUT2D eigenvalue weighted by Crippen LogP contribution is 2.40. The van der Waals surface area contributed by atoms with E-state index in [0.717, 1.165) is 31.5 Å². The van der Waals surface area contributed by atoms with Gasteiger partial charge in [-0.1, -0.05) is 19.1 Å². The second-order valence-corrected chi connectivity index (χ2v) is 9.52. The van der Waals surface area contributed by atoms with E-state index in [-0.39, 0.29) is 5.91 Å². The summed E-state index contributed by atoms with van der Waals surface area (Å²) in [5.74, 6) is 1.38. The molecular formula is C26H30N2O3S. The average molecular weight is 451 g/mol. The topological polar surface area (TPSA) is 42.0 Å². The van der Waals surface area contributed by atoms with Gasteiger partial charge in [0.05, 0.1) is 24.6 Å². The number of amides is 1. The Morgan fingerprint density at radius 3 is 2.81 bits per heavy atom. The Hall–Kier alpha value is -2.73. The van der Waals surface area contributed by atoms with Crippen LogP contribution in [-0.2, 0) is 13.0 Å². The molecule has 1 fully saturated rings. The van der Waals surface area contributed by atoms with Gasteiger partial charge in [0.25, 0.3) is 5.91 Å². The number of rotatable bonds is 4. The summed E-state index contributed by atoms with van der Waals surface area (Å²) in [4.78, 5) is 18.4. The van der Waals surface area contributed by atoms with Crippen molar-refractivity contribution in [1.29, 1.82) is 0 Å². The first-order valence-corrected chi connectivity index (χ1v) is 12.3. The summed E-state index contributed by atoms with van der Waals surface area (Å²) in [6.07, 6.45) is 4.16. The van der Waals surface area contributed by atoms with Gasteiger partial charge in [-0.3, -0.25) is 4.79 Å². The quantitative estimate of drug-likeness (QED) is 0.527. The zero-order valence-corrected chi connectivity index (χ0v) is 19.8. The van der Waals surface area contributed by atoms with Gasteiger partial charge in [-0.15, -0.1) is 11.3 Å². The zero-order chi connectivity index (χ0) is 22.2. The first kappa shape index (κ1) is 21.1. The lowest BCUT2D eigenvalue weighted by atomic mass is 10.0. The normalized spacial score (nSPS) is 18.2. The van der Waals surface area contributed by atoms with Crippen LogP contribution in [0.5, 0.6) is 11.5 Å². The predicted molar refractivity (Wildman–Crippen MR) is 130 cm³/mol. The van der Waals surface area contributed by atoms with Crippen LogP contribution in [-0.4, -0.2) is 44.2 Å². The van der Waals surface area contributed by atoms with E-state index < -0.39 is 0 Å². The van der Waals surface area contributed by atoms with Crippen LogP contribution in [0.2, 0.25) is 0 Å². The van der Waals surface area contributed by atoms with Crippen molar-refractivity contribution in [3.63, 3.8) is 0 Å². The standard InChI is InChI=1S/C26H30N2O3S/c1-4-17-13-18(14-23(30-2)24(17)31-3)26(29)27-12-10-20-7-6-11-28(20)22-9-5-8-21-19(15-27)16-32-25(21)22/h5,8-9,13-14,16,20H,4,6-7,10-12,15H2,1-3H3. The molecule has 3 heterocycles. The molecule has 3 aromatic rings. The molecule has 0 saturated carbocycles. The lowest BCUT2D eigenvalue weighted by Gasteiger charge is -2.31. The summed E-state index contributed by atoms with van der Waals surface area (Å²) < 4.78 is 12.5. The van der Waals surface area contributed by atoms with Crippen LogP contribution < -0.4 is 14.4 Å². The molecule has 1 amide bonds. The molecule has 168 valence electrons. The molecule has 2 aliphatic rings. The third-order valence-corrected chi connectivity index (χ3v) is 7.98. The molecule has 1 atom stereocenters. The second kappa shape index (κ2) is 8.66. The van der Waals surface area contributed by atoms with Crippen LogP contribution in [0.15, 0.2) is 35.7 Å². The Labute approximate surface area is 193 Å². The van der Waals surface area contributed by atoms with Gasteiger partial charge in [-0.25, -0.2) is 0 Å². The van der Waals surface area contributed by atoms with E-state index in [4.69, 9.17) is 9.47 Å². The number of carbonyl (C=O) groups is 1. The van der Waals surface area contributed by atoms with Gasteiger partial charge in [-0.2, -0.15) is 0 Å². The van der Waals surface area contributed by atoms with E-state index in [1.54, 1.807) is 14.2 Å². The summed E-state index contributed by atoms with van der Waals surface area (Å²) in [5, 5.41) is 3.51. The van der Waals surface area contributed by atoms with Crippen LogP contribution in [0.3, 0.4) is 0 Å². The van der Waals surface area contributed by atoms with Gasteiger partial charge in [0.15, 0.2) is 11.5 Å². The largest absolute Gasteiger partial charge is 0.493 e. The van der Waals surface area contributed by atoms with E-state index in [0.29, 0.717) is 29.6 Å². The smallest absolute Gasteiger partial charge is 0.254 e. The fourth-order valence-electron chi connectivity index (χ4n) is 5.27. The molecule has 0 radical (unpaired) electrons. The predicted octanol–water partition coefficient (Wildman–Crippen LogP) is 5.50. The van der Waals surface area contributed by atoms with Crippen molar-refractivity contribution in [2.24, 2.45) is 0 Å². The van der Waals surface area contributed by atoms with Crippen molar-refractivity contribution in [2.75, 3.05) is 32.2 Å². The number of hydrogen-bond acceptors (Lipinski definition) is 5. The number of fused-ring (bicyclic) bond motifs is 2. The molecule has 2 aromatic carbocycles. The molecule has 4 bridgehead atoms. The summed E-state index contributed by atoms with van der Waals surface area (Å²) >= 11 is 1.81. The molecule has 5 rings (SSSR count). The van der Waals surface area contributed by atoms with E-state index in [1.165, 1.54) is 34.2 Å². The van der Waals surface area contributed by atoms with Gasteiger partial charge in [0, 0.05) is 31.2 Å². The maximum Gasteiger partial charge on any atom is 0.254 e. The molecule has 1 aromatic heterocycles. The SMILES string of the molecule is CCc1cc(C(=O)N2CCC3CCCN3c3cccc4c(csc34)C2)cc(OC)c1OC. The first-order valence-electron chi connectivity index (χ1n) is 11.4. The molecule has 6 heteroatoms. The minimum absolute atomic E-state index is 0.0567. The van der Waals surface area contributed by atoms with Crippen molar-refractivity contribution in [1.82, 2.24) is 4.90 Å². The first-order chi connectivity index (χ1) is 15.6. The average Bonchev–Trinajstić information content (AvgIpc) is 3.46. The number of thiophene rings is 1. The Balaban J connectivity index is 1.55. The van der Waals surface area contributed by atoms with Gasteiger partial charge in [0.2, 0.25) is 0 Å². The van der Waals surface area contributed by atoms with Crippen molar-refractivity contribution >= 4 is 33.0 Å². The number of nitrogens with zero attached hydrogens (tertiary/aromatic N) is 2. The minimum atomic E-state index is 0.0567. The molecule has 0 N–H and O–H groups in total. The number of hydrogen-bond donors (Lipinski definition) is 0. The highest BCUT2D eigenvalue weighted by Gasteiger charge is 2.30. The van der Waals surface area contributed by atoms with E-state index in [9.17, 15) is 4.79 Å². The summed E-state index contributed by atoms with van der Waals surface area (Å²) in [6.45, 7) is 4.54. The summed E-state index contributed by atoms with van der Waals surface area (Å²) in [7, 11) is 3.27. The fraction of sp³-hybridized carbons (Fsp3) is 0.423. The van der Waals surface area contributed by atoms with E-state index in [1.807, 2.05) is 28.4 Å². The van der Waals surface area contributed by atoms with Crippen molar-refractivity contribution in [2.45, 2.75) is 45.2 Å². The van der Waals surface area contributed by atoms with Crippen molar-refractivity contribution in [3.8, 4) is 11.5 Å². The number of anilines is 1. The number of carbonyl (C=O) groups excluding carboxylic acids is 1. The van der Waals surface area contributed by atoms with Crippen LogP contribution in [0, 0.1) is 0 Å². The monoisotopic (exact) mass is 450 g/mol. The lowest BCUT2D eigenvalue weighted by molar-refractivity contribution is 0.0738. The lowest BCUT2D eigenvalue weighted by Crippen LogP contribution is -2.37. The number of methoxy groups -OCH3 is 2. The van der Waals surface area contributed by atoms with Gasteiger partial charge in [-0.05, 0) is 65.8 Å². The highest BCUT2D eigenvalue weighted by atomic mass is 32.1. The third kappa shape index (κ3) is 3.51. The minimum Gasteiger partial charge on any atom is -0.493 e. The Morgan fingerprint density at radius 2 is 2.03 bits per heavy atom. The Morgan fingerprint density at radius 1 is 1.16 bits per heavy atom. The Kier molecular flexibility index (Phi) is 5.72. The Bertz CT molecular complexity index is 1130. The van der Waals surface area contributed by atoms with Gasteiger partial charge < -0.3 is 19.3 Å². The van der Waals surface area contributed by atoms with Crippen LogP contribution in [0.4, 0.5) is 5.69 Å². The molecule has 0 spiro atoms. The van der Waals surface area contributed by atoms with E-state index in [2.05, 4.69) is 35.4 Å². The van der Waals surface area contributed by atoms with Crippen LogP contribution in [0.1, 0.15) is 47.7 Å². The number of aryl methyl sites for hydroxylation is 1. The number of ether oxygens (including phenoxy) is 2. The van der Waals surface area contributed by atoms with Gasteiger partial charge in [0.1, 0.15) is 0 Å². The molecule has 32 heavy (non-hydrogen) atoms. The maximum atomic E-state index is 13.8. The second-order valence-electron chi connectivity index (χ2n) is 8.64. The molecule has 5 nitrogen and oxygen atoms in total. The van der Waals surface area contributed by atoms with Crippen LogP contribution >= 0.6 is 11.3 Å². The number of benzene rings is 2. The zero-order valence-electron chi connectivity index (χ0n) is 19.0. The van der Waals surface area contributed by atoms with E-state index >= 15 is 0 Å². The van der Waals surface area contributed by atoms with Crippen molar-refractivity contribution in [3.05, 3.63) is 52.4 Å². The van der Waals surface area contributed by atoms with Crippen LogP contribution in [0.25, 0.3) is 10.1 Å². The van der Waals surface area contributed by atoms with Crippen molar-refractivity contribution < 1.29 is 14.3 Å². The molecular weight excluding hydrogens is 420 g/mol. The molecule has 2 aliphatic heterocycles. The molecule has 1 unspecified atom stereocenters. The third-order valence-electron chi connectivity index (χ3n) is 6.91. The fourth-order valence-corrected chi connectivity index (χ4v) is 6.37.